The minimum Gasteiger partial charge on any atom is -0.166 e. The highest BCUT2D eigenvalue weighted by molar-refractivity contribution is 6.42. The van der Waals surface area contributed by atoms with Gasteiger partial charge in [-0.25, -0.2) is 0 Å². The molecule has 0 aliphatic carbocycles. The van der Waals surface area contributed by atoms with Gasteiger partial charge in [0.15, 0.2) is 0 Å². The van der Waals surface area contributed by atoms with E-state index < -0.39 is 11.7 Å². The van der Waals surface area contributed by atoms with Crippen LogP contribution in [0.2, 0.25) is 10.0 Å². The van der Waals surface area contributed by atoms with Gasteiger partial charge in [0.2, 0.25) is 0 Å². The van der Waals surface area contributed by atoms with Crippen molar-refractivity contribution in [3.63, 3.8) is 0 Å². The van der Waals surface area contributed by atoms with Crippen LogP contribution in [-0.2, 0) is 12.1 Å². The second-order valence-electron chi connectivity index (χ2n) is 4.13. The number of hydrogen-bond acceptors (Lipinski definition) is 0. The molecule has 0 aliphatic heterocycles. The summed E-state index contributed by atoms with van der Waals surface area (Å²) < 4.78 is 38.3. The minimum atomic E-state index is -4.41. The molecule has 0 saturated carbocycles. The largest absolute Gasteiger partial charge is 0.416 e. The van der Waals surface area contributed by atoms with Gasteiger partial charge in [-0.1, -0.05) is 35.3 Å². The normalized spacial score (nSPS) is 11.7. The summed E-state index contributed by atoms with van der Waals surface area (Å²) in [4.78, 5) is 0. The van der Waals surface area contributed by atoms with Crippen LogP contribution in [0, 0.1) is 0 Å². The van der Waals surface area contributed by atoms with Gasteiger partial charge in [0.05, 0.1) is 15.6 Å². The lowest BCUT2D eigenvalue weighted by Gasteiger charge is -2.13. The van der Waals surface area contributed by atoms with E-state index in [9.17, 15) is 13.2 Å². The van der Waals surface area contributed by atoms with Crippen LogP contribution in [0.15, 0.2) is 36.4 Å². The van der Waals surface area contributed by atoms with Gasteiger partial charge < -0.3 is 0 Å². The van der Waals surface area contributed by atoms with Gasteiger partial charge in [0.25, 0.3) is 0 Å². The molecule has 0 aliphatic rings. The second kappa shape index (κ2) is 5.84. The summed E-state index contributed by atoms with van der Waals surface area (Å²) in [5.74, 6) is 0.105. The van der Waals surface area contributed by atoms with Crippen molar-refractivity contribution in [2.24, 2.45) is 0 Å². The average molecular weight is 340 g/mol. The predicted molar refractivity (Wildman–Crippen MR) is 76.5 cm³/mol. The molecule has 0 N–H and O–H groups in total. The Hall–Kier alpha value is -0.900. The summed E-state index contributed by atoms with van der Waals surface area (Å²) in [6.07, 6.45) is -4.41. The maximum Gasteiger partial charge on any atom is 0.416 e. The van der Waals surface area contributed by atoms with Gasteiger partial charge in [0, 0.05) is 5.88 Å². The second-order valence-corrected chi connectivity index (χ2v) is 5.21. The van der Waals surface area contributed by atoms with E-state index in [1.165, 1.54) is 18.2 Å². The highest BCUT2D eigenvalue weighted by Gasteiger charge is 2.31. The molecule has 6 heteroatoms. The fourth-order valence-corrected chi connectivity index (χ4v) is 2.33. The summed E-state index contributed by atoms with van der Waals surface area (Å²) in [6.45, 7) is 0. The van der Waals surface area contributed by atoms with Crippen LogP contribution in [0.4, 0.5) is 13.2 Å². The number of alkyl halides is 4. The molecule has 0 saturated heterocycles. The third-order valence-corrected chi connectivity index (χ3v) is 3.84. The molecule has 0 aromatic heterocycles. The van der Waals surface area contributed by atoms with E-state index in [0.29, 0.717) is 21.7 Å². The van der Waals surface area contributed by atoms with Crippen molar-refractivity contribution in [2.75, 3.05) is 0 Å². The van der Waals surface area contributed by atoms with E-state index in [2.05, 4.69) is 0 Å². The molecule has 0 heterocycles. The Bertz CT molecular complexity index is 636. The van der Waals surface area contributed by atoms with Gasteiger partial charge in [0.1, 0.15) is 0 Å². The third kappa shape index (κ3) is 3.22. The van der Waals surface area contributed by atoms with Crippen molar-refractivity contribution < 1.29 is 13.2 Å². The molecule has 0 spiro atoms. The molecule has 0 atom stereocenters. The fourth-order valence-electron chi connectivity index (χ4n) is 1.80. The molecule has 0 bridgehead atoms. The molecule has 0 fully saturated rings. The van der Waals surface area contributed by atoms with Crippen molar-refractivity contribution in [3.8, 4) is 11.1 Å². The van der Waals surface area contributed by atoms with Crippen LogP contribution in [0.25, 0.3) is 11.1 Å². The molecule has 2 aromatic carbocycles. The topological polar surface area (TPSA) is 0 Å². The summed E-state index contributed by atoms with van der Waals surface area (Å²) in [6, 6.07) is 8.12. The molecular formula is C14H8Cl3F3. The molecule has 0 radical (unpaired) electrons. The van der Waals surface area contributed by atoms with E-state index in [4.69, 9.17) is 34.8 Å². The number of benzene rings is 2. The Balaban J connectivity index is 2.61. The number of hydrogen-bond donors (Lipinski definition) is 0. The van der Waals surface area contributed by atoms with Gasteiger partial charge in [-0.15, -0.1) is 11.6 Å². The quantitative estimate of drug-likeness (QED) is 0.554. The van der Waals surface area contributed by atoms with Crippen LogP contribution in [0.3, 0.4) is 0 Å². The maximum absolute atomic E-state index is 12.8. The molecular weight excluding hydrogens is 332 g/mol. The summed E-state index contributed by atoms with van der Waals surface area (Å²) in [7, 11) is 0. The predicted octanol–water partition coefficient (Wildman–Crippen LogP) is 6.42. The summed E-state index contributed by atoms with van der Waals surface area (Å²) in [5.41, 5.74) is 0.806. The minimum absolute atomic E-state index is 0.105. The van der Waals surface area contributed by atoms with Crippen molar-refractivity contribution in [1.82, 2.24) is 0 Å². The Morgan fingerprint density at radius 2 is 1.60 bits per heavy atom. The average Bonchev–Trinajstić information content (AvgIpc) is 2.40. The van der Waals surface area contributed by atoms with E-state index in [1.54, 1.807) is 6.07 Å². The number of halogens is 6. The Kier molecular flexibility index (Phi) is 4.52. The highest BCUT2D eigenvalue weighted by atomic mass is 35.5. The first-order chi connectivity index (χ1) is 9.32. The lowest BCUT2D eigenvalue weighted by molar-refractivity contribution is -0.137. The van der Waals surface area contributed by atoms with Gasteiger partial charge in [-0.05, 0) is 41.0 Å². The molecule has 0 unspecified atom stereocenters. The molecule has 2 rings (SSSR count). The lowest BCUT2D eigenvalue weighted by Crippen LogP contribution is -2.05. The first-order valence-corrected chi connectivity index (χ1v) is 6.83. The zero-order chi connectivity index (χ0) is 14.9. The SMILES string of the molecule is FC(F)(F)c1ccc(CCl)c(-c2ccc(Cl)c(Cl)c2)c1. The van der Waals surface area contributed by atoms with E-state index in [-0.39, 0.29) is 10.9 Å². The Labute approximate surface area is 129 Å². The molecule has 20 heavy (non-hydrogen) atoms. The molecule has 2 aromatic rings. The van der Waals surface area contributed by atoms with Crippen LogP contribution in [0.1, 0.15) is 11.1 Å². The van der Waals surface area contributed by atoms with Crippen molar-refractivity contribution in [2.45, 2.75) is 12.1 Å². The zero-order valence-corrected chi connectivity index (χ0v) is 12.2. The first-order valence-electron chi connectivity index (χ1n) is 5.54. The summed E-state index contributed by atoms with van der Waals surface area (Å²) >= 11 is 17.5. The standard InChI is InChI=1S/C14H8Cl3F3/c15-7-9-1-3-10(14(18,19)20)6-11(9)8-2-4-12(16)13(17)5-8/h1-6H,7H2. The van der Waals surface area contributed by atoms with Gasteiger partial charge >= 0.3 is 6.18 Å². The summed E-state index contributed by atoms with van der Waals surface area (Å²) in [5, 5.41) is 0.622. The zero-order valence-electron chi connectivity index (χ0n) is 9.94. The smallest absolute Gasteiger partial charge is 0.166 e. The van der Waals surface area contributed by atoms with Crippen LogP contribution in [-0.4, -0.2) is 0 Å². The van der Waals surface area contributed by atoms with Gasteiger partial charge in [-0.3, -0.25) is 0 Å². The van der Waals surface area contributed by atoms with Crippen LogP contribution >= 0.6 is 34.8 Å². The number of rotatable bonds is 2. The first kappa shape index (κ1) is 15.5. The van der Waals surface area contributed by atoms with E-state index in [0.717, 1.165) is 12.1 Å². The molecule has 0 amide bonds. The Morgan fingerprint density at radius 3 is 2.15 bits per heavy atom. The molecule has 0 nitrogen and oxygen atoms in total. The van der Waals surface area contributed by atoms with Crippen LogP contribution < -0.4 is 0 Å². The maximum atomic E-state index is 12.8. The lowest BCUT2D eigenvalue weighted by atomic mass is 9.98. The third-order valence-electron chi connectivity index (χ3n) is 2.81. The van der Waals surface area contributed by atoms with Crippen molar-refractivity contribution >= 4 is 34.8 Å². The van der Waals surface area contributed by atoms with Gasteiger partial charge in [-0.2, -0.15) is 13.2 Å². The highest BCUT2D eigenvalue weighted by Crippen LogP contribution is 2.36. The van der Waals surface area contributed by atoms with Crippen molar-refractivity contribution in [3.05, 3.63) is 57.6 Å². The van der Waals surface area contributed by atoms with E-state index >= 15 is 0 Å². The van der Waals surface area contributed by atoms with Crippen molar-refractivity contribution in [1.29, 1.82) is 0 Å². The van der Waals surface area contributed by atoms with E-state index in [1.807, 2.05) is 0 Å². The fraction of sp³-hybridized carbons (Fsp3) is 0.143. The Morgan fingerprint density at radius 1 is 0.900 bits per heavy atom. The molecule has 106 valence electrons. The van der Waals surface area contributed by atoms with Crippen LogP contribution in [0.5, 0.6) is 0 Å². The monoisotopic (exact) mass is 338 g/mol.